The summed E-state index contributed by atoms with van der Waals surface area (Å²) >= 11 is 6.35. The van der Waals surface area contributed by atoms with Gasteiger partial charge in [0.05, 0.1) is 6.54 Å². The number of amides is 1. The molecule has 0 saturated heterocycles. The Balaban J connectivity index is 1.82. The fraction of sp³-hybridized carbons (Fsp3) is 0.118. The van der Waals surface area contributed by atoms with Crippen LogP contribution in [0.2, 0.25) is 0 Å². The van der Waals surface area contributed by atoms with Crippen LogP contribution in [0.5, 0.6) is 0 Å². The maximum atomic E-state index is 12.3. The van der Waals surface area contributed by atoms with Crippen LogP contribution in [0.15, 0.2) is 63.1 Å². The molecule has 6 heteroatoms. The molecule has 0 saturated carbocycles. The third-order valence-electron chi connectivity index (χ3n) is 3.52. The van der Waals surface area contributed by atoms with Crippen LogP contribution in [0.25, 0.3) is 0 Å². The molecule has 0 spiro atoms. The van der Waals surface area contributed by atoms with E-state index in [0.717, 1.165) is 14.9 Å². The molecule has 0 radical (unpaired) electrons. The van der Waals surface area contributed by atoms with Crippen LogP contribution in [0.3, 0.4) is 0 Å². The van der Waals surface area contributed by atoms with Crippen LogP contribution >= 0.6 is 38.6 Å². The van der Waals surface area contributed by atoms with Crippen molar-refractivity contribution in [3.8, 4) is 0 Å². The molecular formula is C17H14BrNO2S2. The van der Waals surface area contributed by atoms with Crippen molar-refractivity contribution in [2.75, 3.05) is 6.54 Å². The zero-order valence-electron chi connectivity index (χ0n) is 12.0. The summed E-state index contributed by atoms with van der Waals surface area (Å²) in [6, 6.07) is 12.8. The lowest BCUT2D eigenvalue weighted by Gasteiger charge is -2.27. The van der Waals surface area contributed by atoms with Crippen LogP contribution < -0.4 is 5.32 Å². The highest BCUT2D eigenvalue weighted by atomic mass is 79.9. The highest BCUT2D eigenvalue weighted by Gasteiger charge is 2.33. The average Bonchev–Trinajstić information content (AvgIpc) is 3.25. The van der Waals surface area contributed by atoms with Gasteiger partial charge in [0.1, 0.15) is 5.60 Å². The number of nitrogens with one attached hydrogen (secondary N) is 1. The van der Waals surface area contributed by atoms with Gasteiger partial charge in [-0.25, -0.2) is 0 Å². The van der Waals surface area contributed by atoms with Gasteiger partial charge in [0.15, 0.2) is 0 Å². The summed E-state index contributed by atoms with van der Waals surface area (Å²) in [4.78, 5) is 13.2. The van der Waals surface area contributed by atoms with E-state index in [1.54, 1.807) is 12.1 Å². The van der Waals surface area contributed by atoms with Gasteiger partial charge in [-0.1, -0.05) is 28.1 Å². The Labute approximate surface area is 150 Å². The molecule has 3 nitrogen and oxygen atoms in total. The van der Waals surface area contributed by atoms with Gasteiger partial charge in [0.25, 0.3) is 5.91 Å². The third kappa shape index (κ3) is 3.55. The molecule has 0 unspecified atom stereocenters. The van der Waals surface area contributed by atoms with Gasteiger partial charge in [-0.2, -0.15) is 11.3 Å². The van der Waals surface area contributed by atoms with Crippen molar-refractivity contribution in [3.05, 3.63) is 79.1 Å². The second kappa shape index (κ2) is 6.97. The fourth-order valence-corrected chi connectivity index (χ4v) is 4.25. The molecule has 1 atom stereocenters. The summed E-state index contributed by atoms with van der Waals surface area (Å²) in [5.41, 5.74) is 0.133. The van der Waals surface area contributed by atoms with E-state index in [2.05, 4.69) is 21.2 Å². The SMILES string of the molecule is O=C(NC[C@](O)(c1ccsc1)c1cccs1)c1cccc(Br)c1. The van der Waals surface area contributed by atoms with Crippen LogP contribution in [0.1, 0.15) is 20.8 Å². The molecular weight excluding hydrogens is 394 g/mol. The zero-order chi connectivity index (χ0) is 16.3. The lowest BCUT2D eigenvalue weighted by atomic mass is 9.94. The van der Waals surface area contributed by atoms with Crippen LogP contribution in [0.4, 0.5) is 0 Å². The lowest BCUT2D eigenvalue weighted by Crippen LogP contribution is -2.41. The molecule has 1 aromatic carbocycles. The second-order valence-corrected chi connectivity index (χ2v) is 7.69. The van der Waals surface area contributed by atoms with Crippen LogP contribution in [0, 0.1) is 0 Å². The van der Waals surface area contributed by atoms with Crippen molar-refractivity contribution in [1.29, 1.82) is 0 Å². The molecule has 0 aliphatic carbocycles. The Hall–Kier alpha value is -1.47. The number of hydrogen-bond donors (Lipinski definition) is 2. The van der Waals surface area contributed by atoms with E-state index >= 15 is 0 Å². The first-order valence-corrected chi connectivity index (χ1v) is 9.54. The lowest BCUT2D eigenvalue weighted by molar-refractivity contribution is 0.0721. The summed E-state index contributed by atoms with van der Waals surface area (Å²) in [7, 11) is 0. The number of carbonyl (C=O) groups excluding carboxylic acids is 1. The summed E-state index contributed by atoms with van der Waals surface area (Å²) < 4.78 is 0.844. The minimum atomic E-state index is -1.21. The van der Waals surface area contributed by atoms with Crippen molar-refractivity contribution >= 4 is 44.5 Å². The molecule has 3 aromatic rings. The molecule has 2 aromatic heterocycles. The summed E-state index contributed by atoms with van der Waals surface area (Å²) in [5, 5.41) is 19.8. The van der Waals surface area contributed by atoms with Gasteiger partial charge < -0.3 is 10.4 Å². The normalized spacial score (nSPS) is 13.5. The molecule has 118 valence electrons. The molecule has 0 aliphatic rings. The van der Waals surface area contributed by atoms with E-state index in [1.165, 1.54) is 22.7 Å². The summed E-state index contributed by atoms with van der Waals surface area (Å²) in [5.74, 6) is -0.212. The van der Waals surface area contributed by atoms with E-state index in [4.69, 9.17) is 0 Å². The van der Waals surface area contributed by atoms with Gasteiger partial charge in [-0.05, 0) is 46.5 Å². The Morgan fingerprint density at radius 2 is 2.09 bits per heavy atom. The molecule has 2 N–H and O–H groups in total. The maximum Gasteiger partial charge on any atom is 0.251 e. The molecule has 0 fully saturated rings. The number of thiophene rings is 2. The molecule has 23 heavy (non-hydrogen) atoms. The van der Waals surface area contributed by atoms with Crippen molar-refractivity contribution in [1.82, 2.24) is 5.32 Å². The van der Waals surface area contributed by atoms with Gasteiger partial charge in [0, 0.05) is 20.5 Å². The number of aliphatic hydroxyl groups is 1. The van der Waals surface area contributed by atoms with Crippen molar-refractivity contribution < 1.29 is 9.90 Å². The number of halogens is 1. The van der Waals surface area contributed by atoms with E-state index in [9.17, 15) is 9.90 Å². The Morgan fingerprint density at radius 3 is 2.74 bits per heavy atom. The fourth-order valence-electron chi connectivity index (χ4n) is 2.29. The van der Waals surface area contributed by atoms with E-state index in [1.807, 2.05) is 46.5 Å². The van der Waals surface area contributed by atoms with E-state index < -0.39 is 5.60 Å². The third-order valence-corrected chi connectivity index (χ3v) is 5.72. The summed E-state index contributed by atoms with van der Waals surface area (Å²) in [6.45, 7) is 0.121. The largest absolute Gasteiger partial charge is 0.378 e. The average molecular weight is 408 g/mol. The highest BCUT2D eigenvalue weighted by molar-refractivity contribution is 9.10. The first kappa shape index (κ1) is 16.4. The van der Waals surface area contributed by atoms with Crippen LogP contribution in [-0.2, 0) is 5.60 Å². The number of benzene rings is 1. The minimum absolute atomic E-state index is 0.121. The predicted molar refractivity (Wildman–Crippen MR) is 98.1 cm³/mol. The van der Waals surface area contributed by atoms with Gasteiger partial charge in [-0.3, -0.25) is 4.79 Å². The molecule has 3 rings (SSSR count). The molecule has 0 bridgehead atoms. The monoisotopic (exact) mass is 407 g/mol. The Kier molecular flexibility index (Phi) is 4.96. The maximum absolute atomic E-state index is 12.3. The van der Waals surface area contributed by atoms with Crippen molar-refractivity contribution in [2.45, 2.75) is 5.60 Å². The predicted octanol–water partition coefficient (Wildman–Crippen LogP) is 4.24. The van der Waals surface area contributed by atoms with E-state index in [-0.39, 0.29) is 12.5 Å². The van der Waals surface area contributed by atoms with Crippen LogP contribution in [-0.4, -0.2) is 17.6 Å². The Bertz CT molecular complexity index is 751. The first-order valence-electron chi connectivity index (χ1n) is 6.92. The minimum Gasteiger partial charge on any atom is -0.378 e. The van der Waals surface area contributed by atoms with Gasteiger partial charge in [0.2, 0.25) is 0 Å². The number of carbonyl (C=O) groups is 1. The number of rotatable bonds is 5. The Morgan fingerprint density at radius 1 is 1.22 bits per heavy atom. The summed E-state index contributed by atoms with van der Waals surface area (Å²) in [6.07, 6.45) is 0. The molecule has 2 heterocycles. The smallest absolute Gasteiger partial charge is 0.251 e. The topological polar surface area (TPSA) is 49.3 Å². The van der Waals surface area contributed by atoms with Crippen molar-refractivity contribution in [2.24, 2.45) is 0 Å². The quantitative estimate of drug-likeness (QED) is 0.664. The zero-order valence-corrected chi connectivity index (χ0v) is 15.2. The first-order chi connectivity index (χ1) is 11.1. The van der Waals surface area contributed by atoms with Gasteiger partial charge >= 0.3 is 0 Å². The van der Waals surface area contributed by atoms with E-state index in [0.29, 0.717) is 5.56 Å². The number of hydrogen-bond acceptors (Lipinski definition) is 4. The standard InChI is InChI=1S/C17H14BrNO2S2/c18-14-4-1-3-12(9-14)16(20)19-11-17(21,13-6-8-22-10-13)15-5-2-7-23-15/h1-10,21H,11H2,(H,19,20)/t17-/m0/s1. The molecule has 0 aliphatic heterocycles. The second-order valence-electron chi connectivity index (χ2n) is 5.04. The highest BCUT2D eigenvalue weighted by Crippen LogP contribution is 2.33. The molecule has 1 amide bonds. The van der Waals surface area contributed by atoms with Crippen molar-refractivity contribution in [3.63, 3.8) is 0 Å². The van der Waals surface area contributed by atoms with Gasteiger partial charge in [-0.15, -0.1) is 11.3 Å².